The minimum atomic E-state index is -1.23. The number of phenolic OH excluding ortho intramolecular Hbond substituents is 1. The van der Waals surface area contributed by atoms with E-state index in [1.807, 2.05) is 0 Å². The predicted octanol–water partition coefficient (Wildman–Crippen LogP) is 4.60. The van der Waals surface area contributed by atoms with Crippen molar-refractivity contribution in [3.63, 3.8) is 0 Å². The van der Waals surface area contributed by atoms with Crippen LogP contribution in [0, 0.1) is 5.82 Å². The standard InChI is InChI=1S/C21H20BrFN2O5/c1-20(2,3)30-19(27)24-17-9-28-10-21(25-17)13-8-12(26)4-5-16(13)29-18-14(21)6-11(22)7-15(18)23/h4-8,26H,9-10H2,1-3H3,(H,24,25,27). The monoisotopic (exact) mass is 478 g/mol. The summed E-state index contributed by atoms with van der Waals surface area (Å²) in [5.74, 6) is 0.00523. The van der Waals surface area contributed by atoms with Crippen LogP contribution in [-0.2, 0) is 15.0 Å². The lowest BCUT2D eigenvalue weighted by molar-refractivity contribution is 0.0545. The van der Waals surface area contributed by atoms with E-state index in [1.165, 1.54) is 18.2 Å². The van der Waals surface area contributed by atoms with Crippen molar-refractivity contribution < 1.29 is 28.5 Å². The van der Waals surface area contributed by atoms with E-state index in [0.29, 0.717) is 21.3 Å². The molecule has 2 aromatic rings. The van der Waals surface area contributed by atoms with Gasteiger partial charge in [0.15, 0.2) is 11.6 Å². The van der Waals surface area contributed by atoms with E-state index >= 15 is 0 Å². The van der Waals surface area contributed by atoms with Gasteiger partial charge in [-0.3, -0.25) is 10.3 Å². The molecule has 0 saturated heterocycles. The Morgan fingerprint density at radius 3 is 2.80 bits per heavy atom. The fourth-order valence-electron chi connectivity index (χ4n) is 3.51. The zero-order chi connectivity index (χ0) is 21.7. The number of aliphatic imine (C=N–C) groups is 1. The number of carbonyl (C=O) groups is 1. The molecule has 2 aliphatic rings. The first kappa shape index (κ1) is 20.6. The van der Waals surface area contributed by atoms with Gasteiger partial charge in [0.2, 0.25) is 0 Å². The summed E-state index contributed by atoms with van der Waals surface area (Å²) in [5, 5.41) is 12.7. The second kappa shape index (κ2) is 7.24. The van der Waals surface area contributed by atoms with E-state index in [9.17, 15) is 14.3 Å². The molecule has 2 aromatic carbocycles. The van der Waals surface area contributed by atoms with Gasteiger partial charge in [0.1, 0.15) is 35.1 Å². The van der Waals surface area contributed by atoms with Gasteiger partial charge in [0, 0.05) is 15.6 Å². The van der Waals surface area contributed by atoms with Gasteiger partial charge in [-0.2, -0.15) is 0 Å². The van der Waals surface area contributed by atoms with Gasteiger partial charge < -0.3 is 19.3 Å². The van der Waals surface area contributed by atoms with E-state index in [1.54, 1.807) is 32.9 Å². The van der Waals surface area contributed by atoms with E-state index in [0.717, 1.165) is 0 Å². The number of amides is 1. The highest BCUT2D eigenvalue weighted by Gasteiger charge is 2.46. The van der Waals surface area contributed by atoms with E-state index in [4.69, 9.17) is 19.2 Å². The third kappa shape index (κ3) is 3.75. The Labute approximate surface area is 181 Å². The Morgan fingerprint density at radius 1 is 1.30 bits per heavy atom. The molecular formula is C21H20BrFN2O5. The van der Waals surface area contributed by atoms with Crippen molar-refractivity contribution in [3.8, 4) is 17.2 Å². The summed E-state index contributed by atoms with van der Waals surface area (Å²) in [6, 6.07) is 7.48. The molecule has 0 saturated carbocycles. The number of nitrogens with one attached hydrogen (secondary N) is 1. The minimum absolute atomic E-state index is 0.00179. The molecule has 7 nitrogen and oxygen atoms in total. The Balaban J connectivity index is 1.86. The molecule has 1 amide bonds. The van der Waals surface area contributed by atoms with Crippen LogP contribution < -0.4 is 10.1 Å². The van der Waals surface area contributed by atoms with Crippen LogP contribution in [0.1, 0.15) is 31.9 Å². The van der Waals surface area contributed by atoms with Crippen LogP contribution in [0.4, 0.5) is 9.18 Å². The maximum atomic E-state index is 14.8. The molecule has 1 atom stereocenters. The minimum Gasteiger partial charge on any atom is -0.508 e. The first-order chi connectivity index (χ1) is 14.1. The molecule has 0 aliphatic carbocycles. The van der Waals surface area contributed by atoms with Crippen LogP contribution in [0.25, 0.3) is 0 Å². The molecular weight excluding hydrogens is 459 g/mol. The van der Waals surface area contributed by atoms with E-state index < -0.39 is 23.1 Å². The number of hydrogen-bond acceptors (Lipinski definition) is 6. The summed E-state index contributed by atoms with van der Waals surface area (Å²) >= 11 is 3.31. The Morgan fingerprint density at radius 2 is 2.07 bits per heavy atom. The average Bonchev–Trinajstić information content (AvgIpc) is 2.62. The van der Waals surface area contributed by atoms with Crippen LogP contribution >= 0.6 is 15.9 Å². The average molecular weight is 479 g/mol. The quantitative estimate of drug-likeness (QED) is 0.577. The van der Waals surface area contributed by atoms with Crippen molar-refractivity contribution in [2.45, 2.75) is 31.9 Å². The predicted molar refractivity (Wildman–Crippen MR) is 111 cm³/mol. The summed E-state index contributed by atoms with van der Waals surface area (Å²) in [6.07, 6.45) is -0.675. The molecule has 1 spiro atoms. The molecule has 2 N–H and O–H groups in total. The van der Waals surface area contributed by atoms with Crippen LogP contribution in [-0.4, -0.2) is 35.9 Å². The summed E-state index contributed by atoms with van der Waals surface area (Å²) < 4.78 is 32.1. The number of fused-ring (bicyclic) bond motifs is 4. The molecule has 158 valence electrons. The number of amidine groups is 1. The molecule has 1 unspecified atom stereocenters. The number of alkyl carbamates (subject to hydrolysis) is 1. The van der Waals surface area contributed by atoms with Gasteiger partial charge in [-0.15, -0.1) is 0 Å². The Bertz CT molecular complexity index is 1070. The summed E-state index contributed by atoms with van der Waals surface area (Å²) in [6.45, 7) is 5.36. The molecule has 0 aromatic heterocycles. The zero-order valence-electron chi connectivity index (χ0n) is 16.6. The fourth-order valence-corrected chi connectivity index (χ4v) is 3.94. The molecule has 4 rings (SSSR count). The Kier molecular flexibility index (Phi) is 4.98. The fraction of sp³-hybridized carbons (Fsp3) is 0.333. The third-order valence-corrected chi connectivity index (χ3v) is 5.05. The first-order valence-electron chi connectivity index (χ1n) is 9.25. The summed E-state index contributed by atoms with van der Waals surface area (Å²) in [7, 11) is 0. The lowest BCUT2D eigenvalue weighted by atomic mass is 9.80. The van der Waals surface area contributed by atoms with Crippen molar-refractivity contribution in [2.75, 3.05) is 13.2 Å². The largest absolute Gasteiger partial charge is 0.508 e. The van der Waals surface area contributed by atoms with E-state index in [-0.39, 0.29) is 30.5 Å². The molecule has 0 fully saturated rings. The summed E-state index contributed by atoms with van der Waals surface area (Å²) in [4.78, 5) is 17.0. The SMILES string of the molecule is CC(C)(C)OC(=O)NC1=NC2(COC1)c1cc(O)ccc1Oc1c(F)cc(Br)cc12. The highest BCUT2D eigenvalue weighted by atomic mass is 79.9. The number of benzene rings is 2. The second-order valence-corrected chi connectivity index (χ2v) is 9.00. The first-order valence-corrected chi connectivity index (χ1v) is 10.0. The van der Waals surface area contributed by atoms with Gasteiger partial charge in [0.25, 0.3) is 0 Å². The highest BCUT2D eigenvalue weighted by molar-refractivity contribution is 9.10. The second-order valence-electron chi connectivity index (χ2n) is 8.09. The highest BCUT2D eigenvalue weighted by Crippen LogP contribution is 2.52. The van der Waals surface area contributed by atoms with Crippen molar-refractivity contribution in [1.29, 1.82) is 0 Å². The number of hydrogen-bond donors (Lipinski definition) is 2. The number of carbonyl (C=O) groups excluding carboxylic acids is 1. The normalized spacial score (nSPS) is 20.0. The number of phenols is 1. The number of aromatic hydroxyl groups is 1. The van der Waals surface area contributed by atoms with Crippen molar-refractivity contribution in [3.05, 3.63) is 51.7 Å². The molecule has 2 heterocycles. The number of nitrogens with zero attached hydrogens (tertiary/aromatic N) is 1. The summed E-state index contributed by atoms with van der Waals surface area (Å²) in [5.41, 5.74) is -1.00. The maximum absolute atomic E-state index is 14.8. The van der Waals surface area contributed by atoms with Crippen LogP contribution in [0.15, 0.2) is 39.8 Å². The van der Waals surface area contributed by atoms with Crippen molar-refractivity contribution >= 4 is 27.9 Å². The molecule has 9 heteroatoms. The van der Waals surface area contributed by atoms with E-state index in [2.05, 4.69) is 21.2 Å². The maximum Gasteiger partial charge on any atom is 0.413 e. The number of ether oxygens (including phenoxy) is 3. The van der Waals surface area contributed by atoms with Crippen LogP contribution in [0.2, 0.25) is 0 Å². The molecule has 30 heavy (non-hydrogen) atoms. The van der Waals surface area contributed by atoms with Crippen LogP contribution in [0.5, 0.6) is 17.2 Å². The number of halogens is 2. The smallest absolute Gasteiger partial charge is 0.413 e. The van der Waals surface area contributed by atoms with Crippen LogP contribution in [0.3, 0.4) is 0 Å². The molecule has 0 radical (unpaired) electrons. The van der Waals surface area contributed by atoms with Crippen molar-refractivity contribution in [2.24, 2.45) is 4.99 Å². The topological polar surface area (TPSA) is 89.4 Å². The number of rotatable bonds is 0. The van der Waals surface area contributed by atoms with Gasteiger partial charge in [-0.05, 0) is 51.1 Å². The van der Waals surface area contributed by atoms with Gasteiger partial charge in [0.05, 0.1) is 6.61 Å². The third-order valence-electron chi connectivity index (χ3n) is 4.60. The van der Waals surface area contributed by atoms with Gasteiger partial charge >= 0.3 is 6.09 Å². The van der Waals surface area contributed by atoms with Crippen molar-refractivity contribution in [1.82, 2.24) is 5.32 Å². The van der Waals surface area contributed by atoms with Gasteiger partial charge in [-0.25, -0.2) is 9.18 Å². The molecule has 0 bridgehead atoms. The zero-order valence-corrected chi connectivity index (χ0v) is 18.2. The molecule has 2 aliphatic heterocycles. The lowest BCUT2D eigenvalue weighted by Gasteiger charge is -2.39. The lowest BCUT2D eigenvalue weighted by Crippen LogP contribution is -2.46. The van der Waals surface area contributed by atoms with Gasteiger partial charge in [-0.1, -0.05) is 15.9 Å². The Hall–Kier alpha value is -2.65.